The number of anilines is 1. The topological polar surface area (TPSA) is 107 Å². The van der Waals surface area contributed by atoms with Crippen LogP contribution in [0.25, 0.3) is 11.1 Å². The highest BCUT2D eigenvalue weighted by Crippen LogP contribution is 2.74. The molecule has 5 aromatic carbocycles. The molecule has 5 aromatic rings. The lowest BCUT2D eigenvalue weighted by Gasteiger charge is -2.39. The number of fused-ring (bicyclic) bond motifs is 5. The van der Waals surface area contributed by atoms with Crippen molar-refractivity contribution in [3.8, 4) is 5.75 Å². The minimum atomic E-state index is -1.60. The molecule has 0 N–H and O–H groups in total. The third-order valence-electron chi connectivity index (χ3n) is 10.2. The number of ketones is 1. The van der Waals surface area contributed by atoms with Crippen LogP contribution in [0.1, 0.15) is 22.3 Å². The number of carbonyl (C=O) groups is 3. The van der Waals surface area contributed by atoms with Gasteiger partial charge in [0.25, 0.3) is 5.69 Å². The highest BCUT2D eigenvalue weighted by atomic mass is 16.6. The van der Waals surface area contributed by atoms with Crippen LogP contribution in [0.5, 0.6) is 5.75 Å². The summed E-state index contributed by atoms with van der Waals surface area (Å²) in [6, 6.07) is 41.4. The van der Waals surface area contributed by atoms with Gasteiger partial charge in [0.2, 0.25) is 11.8 Å². The Balaban J connectivity index is 1.53. The molecule has 1 saturated carbocycles. The van der Waals surface area contributed by atoms with Crippen LogP contribution in [0, 0.1) is 22.0 Å². The predicted octanol–water partition coefficient (Wildman–Crippen LogP) is 6.79. The van der Waals surface area contributed by atoms with E-state index in [1.165, 1.54) is 25.3 Å². The smallest absolute Gasteiger partial charge is 0.297 e. The number of ether oxygens (including phenoxy) is 1. The van der Waals surface area contributed by atoms with Crippen molar-refractivity contribution in [2.75, 3.05) is 12.0 Å². The first kappa shape index (κ1) is 29.3. The average Bonchev–Trinajstić information content (AvgIpc) is 3.64. The van der Waals surface area contributed by atoms with Crippen LogP contribution < -0.4 is 9.64 Å². The molecule has 2 aliphatic carbocycles. The number of amides is 2. The van der Waals surface area contributed by atoms with Crippen molar-refractivity contribution in [3.05, 3.63) is 172 Å². The number of hydrogen-bond acceptors (Lipinski definition) is 6. The Morgan fingerprint density at radius 1 is 0.625 bits per heavy atom. The van der Waals surface area contributed by atoms with Gasteiger partial charge in [-0.1, -0.05) is 121 Å². The summed E-state index contributed by atoms with van der Waals surface area (Å²) in [6.07, 6.45) is 0. The second-order valence-corrected chi connectivity index (χ2v) is 12.2. The standard InChI is InChI=1S/C40H28N2O6/c1-48-29-22-23-30(31(24-29)42(46)47)41-36(43)34-35(37(41)44)40(28-20-12-5-13-21-28)33(26-16-8-3-9-17-26)32(25-14-6-2-7-15-25)39(34,38(40)45)27-18-10-4-11-19-27/h2-24,34-35H,1H3/t34-,35-,39+,40+/m1/s1. The van der Waals surface area contributed by atoms with Gasteiger partial charge < -0.3 is 4.74 Å². The van der Waals surface area contributed by atoms with Crippen LogP contribution in [-0.4, -0.2) is 29.6 Å². The number of nitrogens with zero attached hydrogens (tertiary/aromatic N) is 2. The third kappa shape index (κ3) is 3.62. The molecule has 1 saturated heterocycles. The van der Waals surface area contributed by atoms with Gasteiger partial charge >= 0.3 is 0 Å². The Kier molecular flexibility index (Phi) is 6.53. The van der Waals surface area contributed by atoms with Crippen LogP contribution >= 0.6 is 0 Å². The van der Waals surface area contributed by atoms with Gasteiger partial charge in [0.1, 0.15) is 11.4 Å². The molecule has 2 amide bonds. The molecule has 1 heterocycles. The molecule has 1 aliphatic heterocycles. The van der Waals surface area contributed by atoms with Crippen molar-refractivity contribution in [1.82, 2.24) is 0 Å². The molecule has 8 nitrogen and oxygen atoms in total. The Labute approximate surface area is 276 Å². The summed E-state index contributed by atoms with van der Waals surface area (Å²) in [5, 5.41) is 12.4. The van der Waals surface area contributed by atoms with Crippen molar-refractivity contribution in [1.29, 1.82) is 0 Å². The number of nitro groups is 1. The van der Waals surface area contributed by atoms with Crippen LogP contribution in [0.3, 0.4) is 0 Å². The van der Waals surface area contributed by atoms with Crippen LogP contribution in [-0.2, 0) is 25.2 Å². The fraction of sp³-hybridized carbons (Fsp3) is 0.125. The minimum Gasteiger partial charge on any atom is -0.496 e. The first-order valence-corrected chi connectivity index (χ1v) is 15.6. The zero-order chi connectivity index (χ0) is 33.2. The Morgan fingerprint density at radius 3 is 1.44 bits per heavy atom. The van der Waals surface area contributed by atoms with E-state index in [9.17, 15) is 10.1 Å². The van der Waals surface area contributed by atoms with Crippen molar-refractivity contribution >= 4 is 40.1 Å². The van der Waals surface area contributed by atoms with Crippen LogP contribution in [0.15, 0.2) is 140 Å². The van der Waals surface area contributed by atoms with Crippen LogP contribution in [0.4, 0.5) is 11.4 Å². The zero-order valence-electron chi connectivity index (χ0n) is 25.8. The maximum Gasteiger partial charge on any atom is 0.297 e. The number of methoxy groups -OCH3 is 1. The van der Waals surface area contributed by atoms with E-state index in [-0.39, 0.29) is 17.2 Å². The van der Waals surface area contributed by atoms with E-state index in [0.717, 1.165) is 16.0 Å². The highest BCUT2D eigenvalue weighted by molar-refractivity contribution is 6.39. The summed E-state index contributed by atoms with van der Waals surface area (Å²) in [5.41, 5.74) is 0.166. The van der Waals surface area contributed by atoms with Gasteiger partial charge in [-0.05, 0) is 45.5 Å². The first-order chi connectivity index (χ1) is 23.4. The molecule has 2 fully saturated rings. The summed E-state index contributed by atoms with van der Waals surface area (Å²) in [4.78, 5) is 58.8. The van der Waals surface area contributed by atoms with Gasteiger partial charge in [-0.15, -0.1) is 0 Å². The summed E-state index contributed by atoms with van der Waals surface area (Å²) in [6.45, 7) is 0. The van der Waals surface area contributed by atoms with Gasteiger partial charge in [0, 0.05) is 0 Å². The number of imide groups is 1. The second-order valence-electron chi connectivity index (χ2n) is 12.2. The summed E-state index contributed by atoms with van der Waals surface area (Å²) in [5.74, 6) is -3.75. The number of allylic oxidation sites excluding steroid dienone is 2. The quantitative estimate of drug-likeness (QED) is 0.111. The van der Waals surface area contributed by atoms with Gasteiger partial charge in [-0.2, -0.15) is 0 Å². The summed E-state index contributed by atoms with van der Waals surface area (Å²) in [7, 11) is 1.38. The fourth-order valence-electron chi connectivity index (χ4n) is 8.54. The maximum atomic E-state index is 15.9. The molecule has 234 valence electrons. The lowest BCUT2D eigenvalue weighted by Crippen LogP contribution is -2.45. The maximum absolute atomic E-state index is 15.9. The van der Waals surface area contributed by atoms with E-state index in [1.807, 2.05) is 121 Å². The van der Waals surface area contributed by atoms with E-state index < -0.39 is 45.1 Å². The number of rotatable bonds is 7. The fourth-order valence-corrected chi connectivity index (χ4v) is 8.54. The molecular formula is C40H28N2O6. The van der Waals surface area contributed by atoms with Crippen molar-refractivity contribution in [2.45, 2.75) is 10.8 Å². The second kappa shape index (κ2) is 10.7. The number of carbonyl (C=O) groups excluding carboxylic acids is 3. The lowest BCUT2D eigenvalue weighted by molar-refractivity contribution is -0.384. The third-order valence-corrected chi connectivity index (χ3v) is 10.2. The lowest BCUT2D eigenvalue weighted by atomic mass is 9.59. The molecule has 0 aromatic heterocycles. The Hall–Kier alpha value is -6.15. The highest BCUT2D eigenvalue weighted by Gasteiger charge is 2.83. The zero-order valence-corrected chi connectivity index (χ0v) is 25.8. The normalized spacial score (nSPS) is 24.3. The average molecular weight is 633 g/mol. The predicted molar refractivity (Wildman–Crippen MR) is 180 cm³/mol. The Morgan fingerprint density at radius 2 is 1.04 bits per heavy atom. The first-order valence-electron chi connectivity index (χ1n) is 15.6. The van der Waals surface area contributed by atoms with E-state index >= 15 is 14.4 Å². The molecule has 3 aliphatic rings. The van der Waals surface area contributed by atoms with Gasteiger partial charge in [0.15, 0.2) is 5.78 Å². The monoisotopic (exact) mass is 632 g/mol. The van der Waals surface area contributed by atoms with Gasteiger partial charge in [-0.3, -0.25) is 24.5 Å². The molecule has 0 spiro atoms. The number of hydrogen-bond donors (Lipinski definition) is 0. The summed E-state index contributed by atoms with van der Waals surface area (Å²) < 4.78 is 5.24. The van der Waals surface area contributed by atoms with E-state index in [1.54, 1.807) is 0 Å². The van der Waals surface area contributed by atoms with Gasteiger partial charge in [-0.25, -0.2) is 4.90 Å². The van der Waals surface area contributed by atoms with E-state index in [0.29, 0.717) is 22.3 Å². The molecule has 8 rings (SSSR count). The Bertz CT molecular complexity index is 2050. The van der Waals surface area contributed by atoms with Crippen molar-refractivity contribution < 1.29 is 24.0 Å². The number of nitro benzene ring substituents is 1. The van der Waals surface area contributed by atoms with E-state index in [2.05, 4.69) is 0 Å². The molecule has 48 heavy (non-hydrogen) atoms. The molecule has 8 heteroatoms. The number of benzene rings is 5. The van der Waals surface area contributed by atoms with Gasteiger partial charge in [0.05, 0.1) is 40.8 Å². The molecular weight excluding hydrogens is 604 g/mol. The number of Topliss-reactive ketones (excluding diaryl/α,β-unsaturated/α-hetero) is 1. The van der Waals surface area contributed by atoms with E-state index in [4.69, 9.17) is 4.74 Å². The minimum absolute atomic E-state index is 0.161. The SMILES string of the molecule is COc1ccc(N2C(=O)[C@H]3[C@H](C2=O)[C@@]2(c4ccccc4)C(=O)[C@@]3(c3ccccc3)C(c3ccccc3)=C2c2ccccc2)c([N+](=O)[O-])c1. The summed E-state index contributed by atoms with van der Waals surface area (Å²) >= 11 is 0. The molecule has 0 unspecified atom stereocenters. The largest absolute Gasteiger partial charge is 0.496 e. The molecule has 4 atom stereocenters. The molecule has 2 bridgehead atoms. The molecule has 0 radical (unpaired) electrons. The van der Waals surface area contributed by atoms with Crippen LogP contribution in [0.2, 0.25) is 0 Å². The van der Waals surface area contributed by atoms with Crippen molar-refractivity contribution in [2.24, 2.45) is 11.8 Å². The van der Waals surface area contributed by atoms with Crippen molar-refractivity contribution in [3.63, 3.8) is 0 Å².